The molecule has 100 valence electrons. The van der Waals surface area contributed by atoms with Crippen LogP contribution in [0.5, 0.6) is 0 Å². The van der Waals surface area contributed by atoms with Crippen molar-refractivity contribution in [1.29, 1.82) is 0 Å². The van der Waals surface area contributed by atoms with Crippen LogP contribution in [0.1, 0.15) is 12.0 Å². The summed E-state index contributed by atoms with van der Waals surface area (Å²) in [6.07, 6.45) is 1.73. The fourth-order valence-electron chi connectivity index (χ4n) is 2.37. The van der Waals surface area contributed by atoms with E-state index in [0.29, 0.717) is 11.6 Å². The number of halogens is 2. The van der Waals surface area contributed by atoms with Gasteiger partial charge < -0.3 is 10.4 Å². The molecule has 0 aromatic heterocycles. The van der Waals surface area contributed by atoms with Crippen LogP contribution in [0.25, 0.3) is 0 Å². The number of hydrogen-bond acceptors (Lipinski definition) is 2. The minimum Gasteiger partial charge on any atom is -0.481 e. The van der Waals surface area contributed by atoms with Crippen molar-refractivity contribution in [2.45, 2.75) is 12.8 Å². The van der Waals surface area contributed by atoms with Crippen LogP contribution in [0.3, 0.4) is 0 Å². The van der Waals surface area contributed by atoms with E-state index in [9.17, 15) is 4.79 Å². The Labute approximate surface area is 118 Å². The molecular formula is C13H17Cl2NO2. The fourth-order valence-corrected chi connectivity index (χ4v) is 2.50. The van der Waals surface area contributed by atoms with Crippen LogP contribution in [0, 0.1) is 11.8 Å². The third-order valence-corrected chi connectivity index (χ3v) is 3.61. The Morgan fingerprint density at radius 2 is 2.06 bits per heavy atom. The van der Waals surface area contributed by atoms with Gasteiger partial charge in [-0.3, -0.25) is 4.79 Å². The normalized spacial score (nSPS) is 23.2. The minimum absolute atomic E-state index is 0. The molecule has 0 radical (unpaired) electrons. The van der Waals surface area contributed by atoms with E-state index in [1.165, 1.54) is 0 Å². The van der Waals surface area contributed by atoms with E-state index in [1.54, 1.807) is 0 Å². The number of nitrogens with one attached hydrogen (secondary N) is 1. The van der Waals surface area contributed by atoms with Crippen molar-refractivity contribution in [3.63, 3.8) is 0 Å². The molecule has 0 bridgehead atoms. The first-order valence-electron chi connectivity index (χ1n) is 5.85. The van der Waals surface area contributed by atoms with Gasteiger partial charge in [0.1, 0.15) is 0 Å². The first-order chi connectivity index (χ1) is 8.16. The molecule has 5 heteroatoms. The van der Waals surface area contributed by atoms with Gasteiger partial charge in [0.2, 0.25) is 0 Å². The van der Waals surface area contributed by atoms with E-state index < -0.39 is 5.97 Å². The molecule has 2 rings (SSSR count). The number of rotatable bonds is 3. The smallest absolute Gasteiger partial charge is 0.308 e. The lowest BCUT2D eigenvalue weighted by Crippen LogP contribution is -2.41. The van der Waals surface area contributed by atoms with Crippen molar-refractivity contribution in [3.8, 4) is 0 Å². The maximum atomic E-state index is 11.1. The van der Waals surface area contributed by atoms with Crippen LogP contribution in [0.2, 0.25) is 5.02 Å². The van der Waals surface area contributed by atoms with E-state index >= 15 is 0 Å². The van der Waals surface area contributed by atoms with Gasteiger partial charge in [0, 0.05) is 11.6 Å². The SMILES string of the molecule is Cl.O=C(O)C1CNCCC1Cc1ccc(Cl)cc1. The molecule has 3 nitrogen and oxygen atoms in total. The standard InChI is InChI=1S/C13H16ClNO2.ClH/c14-11-3-1-9(2-4-11)7-10-5-6-15-8-12(10)13(16)17;/h1-4,10,12,15H,5-8H2,(H,16,17);1H. The van der Waals surface area contributed by atoms with Crippen molar-refractivity contribution in [2.75, 3.05) is 13.1 Å². The summed E-state index contributed by atoms with van der Waals surface area (Å²) in [7, 11) is 0. The van der Waals surface area contributed by atoms with Gasteiger partial charge in [0.15, 0.2) is 0 Å². The molecule has 1 aromatic carbocycles. The van der Waals surface area contributed by atoms with Gasteiger partial charge in [0.25, 0.3) is 0 Å². The molecule has 2 unspecified atom stereocenters. The number of aliphatic carboxylic acids is 1. The van der Waals surface area contributed by atoms with Crippen molar-refractivity contribution in [2.24, 2.45) is 11.8 Å². The molecule has 0 amide bonds. The summed E-state index contributed by atoms with van der Waals surface area (Å²) in [6, 6.07) is 7.66. The number of carboxylic acid groups (broad SMARTS) is 1. The molecule has 18 heavy (non-hydrogen) atoms. The van der Waals surface area contributed by atoms with E-state index in [-0.39, 0.29) is 24.2 Å². The highest BCUT2D eigenvalue weighted by Crippen LogP contribution is 2.24. The Balaban J connectivity index is 0.00000162. The van der Waals surface area contributed by atoms with E-state index in [1.807, 2.05) is 24.3 Å². The Morgan fingerprint density at radius 1 is 1.39 bits per heavy atom. The molecule has 0 saturated carbocycles. The molecule has 2 N–H and O–H groups in total. The van der Waals surface area contributed by atoms with Gasteiger partial charge in [-0.05, 0) is 43.0 Å². The third kappa shape index (κ3) is 3.87. The predicted molar refractivity (Wildman–Crippen MR) is 74.5 cm³/mol. The maximum absolute atomic E-state index is 11.1. The quantitative estimate of drug-likeness (QED) is 0.899. The number of hydrogen-bond donors (Lipinski definition) is 2. The molecule has 2 atom stereocenters. The van der Waals surface area contributed by atoms with Gasteiger partial charge in [0.05, 0.1) is 5.92 Å². The van der Waals surface area contributed by atoms with E-state index in [0.717, 1.165) is 24.9 Å². The first kappa shape index (κ1) is 15.3. The molecule has 1 fully saturated rings. The highest BCUT2D eigenvalue weighted by Gasteiger charge is 2.30. The highest BCUT2D eigenvalue weighted by atomic mass is 35.5. The van der Waals surface area contributed by atoms with Crippen molar-refractivity contribution in [1.82, 2.24) is 5.32 Å². The van der Waals surface area contributed by atoms with Gasteiger partial charge in [-0.2, -0.15) is 0 Å². The lowest BCUT2D eigenvalue weighted by atomic mass is 9.82. The highest BCUT2D eigenvalue weighted by molar-refractivity contribution is 6.30. The minimum atomic E-state index is -0.698. The lowest BCUT2D eigenvalue weighted by Gasteiger charge is -2.29. The van der Waals surface area contributed by atoms with Crippen LogP contribution >= 0.6 is 24.0 Å². The molecule has 1 aromatic rings. The molecular weight excluding hydrogens is 273 g/mol. The second kappa shape index (κ2) is 6.98. The van der Waals surface area contributed by atoms with Gasteiger partial charge in [-0.15, -0.1) is 12.4 Å². The summed E-state index contributed by atoms with van der Waals surface area (Å²) in [6.45, 7) is 1.48. The molecule has 0 spiro atoms. The molecule has 1 saturated heterocycles. The summed E-state index contributed by atoms with van der Waals surface area (Å²) in [5, 5.41) is 13.0. The van der Waals surface area contributed by atoms with E-state index in [4.69, 9.17) is 16.7 Å². The summed E-state index contributed by atoms with van der Waals surface area (Å²) < 4.78 is 0. The van der Waals surface area contributed by atoms with Gasteiger partial charge in [-0.1, -0.05) is 23.7 Å². The average molecular weight is 290 g/mol. The summed E-state index contributed by atoms with van der Waals surface area (Å²) in [5.41, 5.74) is 1.16. The van der Waals surface area contributed by atoms with Crippen LogP contribution in [0.15, 0.2) is 24.3 Å². The Morgan fingerprint density at radius 3 is 2.67 bits per heavy atom. The molecule has 1 aliphatic rings. The Kier molecular flexibility index (Phi) is 5.93. The maximum Gasteiger partial charge on any atom is 0.308 e. The molecule has 1 heterocycles. The monoisotopic (exact) mass is 289 g/mol. The number of carbonyl (C=O) groups is 1. The van der Waals surface area contributed by atoms with Crippen LogP contribution < -0.4 is 5.32 Å². The molecule has 1 aliphatic heterocycles. The van der Waals surface area contributed by atoms with Gasteiger partial charge in [-0.25, -0.2) is 0 Å². The largest absolute Gasteiger partial charge is 0.481 e. The zero-order valence-corrected chi connectivity index (χ0v) is 11.5. The van der Waals surface area contributed by atoms with E-state index in [2.05, 4.69) is 5.32 Å². The number of piperidine rings is 1. The van der Waals surface area contributed by atoms with Gasteiger partial charge >= 0.3 is 5.97 Å². The second-order valence-corrected chi connectivity index (χ2v) is 4.96. The van der Waals surface area contributed by atoms with Crippen molar-refractivity contribution < 1.29 is 9.90 Å². The summed E-state index contributed by atoms with van der Waals surface area (Å²) in [4.78, 5) is 11.1. The zero-order chi connectivity index (χ0) is 12.3. The number of carboxylic acids is 1. The third-order valence-electron chi connectivity index (χ3n) is 3.35. The lowest BCUT2D eigenvalue weighted by molar-refractivity contribution is -0.144. The van der Waals surface area contributed by atoms with Crippen LogP contribution in [-0.2, 0) is 11.2 Å². The topological polar surface area (TPSA) is 49.3 Å². The fraction of sp³-hybridized carbons (Fsp3) is 0.462. The second-order valence-electron chi connectivity index (χ2n) is 4.53. The summed E-state index contributed by atoms with van der Waals surface area (Å²) in [5.74, 6) is -0.759. The predicted octanol–water partition coefficient (Wildman–Crippen LogP) is 2.61. The van der Waals surface area contributed by atoms with Crippen molar-refractivity contribution >= 4 is 30.0 Å². The van der Waals surface area contributed by atoms with Crippen LogP contribution in [0.4, 0.5) is 0 Å². The zero-order valence-electron chi connectivity index (χ0n) is 9.93. The van der Waals surface area contributed by atoms with Crippen LogP contribution in [-0.4, -0.2) is 24.2 Å². The Bertz CT molecular complexity index is 394. The average Bonchev–Trinajstić information content (AvgIpc) is 2.32. The number of benzene rings is 1. The molecule has 0 aliphatic carbocycles. The first-order valence-corrected chi connectivity index (χ1v) is 6.22. The van der Waals surface area contributed by atoms with Crippen molar-refractivity contribution in [3.05, 3.63) is 34.9 Å². The summed E-state index contributed by atoms with van der Waals surface area (Å²) >= 11 is 5.83. The Hall–Kier alpha value is -0.770.